The maximum absolute atomic E-state index is 11.9. The molecule has 2 amide bonds. The summed E-state index contributed by atoms with van der Waals surface area (Å²) in [5.41, 5.74) is 1.70. The highest BCUT2D eigenvalue weighted by Crippen LogP contribution is 2.29. The molecule has 1 rings (SSSR count). The van der Waals surface area contributed by atoms with Crippen LogP contribution in [0.4, 0.5) is 5.69 Å². The number of benzene rings is 1. The second-order valence-corrected chi connectivity index (χ2v) is 4.69. The molecular formula is C16H22N2O3. The summed E-state index contributed by atoms with van der Waals surface area (Å²) in [5.74, 6) is 0.366. The van der Waals surface area contributed by atoms with E-state index in [2.05, 4.69) is 11.9 Å². The Morgan fingerprint density at radius 1 is 1.43 bits per heavy atom. The molecule has 0 aliphatic heterocycles. The Labute approximate surface area is 125 Å². The van der Waals surface area contributed by atoms with Gasteiger partial charge in [-0.2, -0.15) is 0 Å². The normalized spacial score (nSPS) is 9.86. The second-order valence-electron chi connectivity index (χ2n) is 4.69. The van der Waals surface area contributed by atoms with E-state index in [9.17, 15) is 9.59 Å². The standard InChI is InChI=1S/C16H22N2O3/c1-5-9-17-16(20)8-10-18(13(3)19)14-11-12(2)6-7-15(14)21-4/h5-7,11H,1,8-10H2,2-4H3,(H,17,20). The Morgan fingerprint density at radius 3 is 2.71 bits per heavy atom. The summed E-state index contributed by atoms with van der Waals surface area (Å²) in [7, 11) is 1.56. The van der Waals surface area contributed by atoms with Crippen molar-refractivity contribution in [2.45, 2.75) is 20.3 Å². The Morgan fingerprint density at radius 2 is 2.14 bits per heavy atom. The van der Waals surface area contributed by atoms with Crippen molar-refractivity contribution in [3.63, 3.8) is 0 Å². The molecule has 21 heavy (non-hydrogen) atoms. The van der Waals surface area contributed by atoms with Crippen molar-refractivity contribution in [2.75, 3.05) is 25.1 Å². The number of amides is 2. The van der Waals surface area contributed by atoms with Crippen LogP contribution in [-0.4, -0.2) is 32.0 Å². The van der Waals surface area contributed by atoms with Gasteiger partial charge in [0.2, 0.25) is 11.8 Å². The minimum absolute atomic E-state index is 0.118. The molecule has 0 heterocycles. The number of nitrogens with one attached hydrogen (secondary N) is 1. The maximum Gasteiger partial charge on any atom is 0.223 e. The lowest BCUT2D eigenvalue weighted by atomic mass is 10.1. The molecule has 5 nitrogen and oxygen atoms in total. The van der Waals surface area contributed by atoms with Crippen LogP contribution in [0.3, 0.4) is 0 Å². The van der Waals surface area contributed by atoms with E-state index in [1.54, 1.807) is 18.1 Å². The molecule has 0 saturated carbocycles. The minimum atomic E-state index is -0.129. The van der Waals surface area contributed by atoms with Crippen LogP contribution >= 0.6 is 0 Å². The summed E-state index contributed by atoms with van der Waals surface area (Å²) in [4.78, 5) is 25.1. The quantitative estimate of drug-likeness (QED) is 0.782. The SMILES string of the molecule is C=CCNC(=O)CCN(C(C)=O)c1cc(C)ccc1OC. The van der Waals surface area contributed by atoms with Gasteiger partial charge in [-0.15, -0.1) is 6.58 Å². The van der Waals surface area contributed by atoms with Crippen molar-refractivity contribution in [3.05, 3.63) is 36.4 Å². The average molecular weight is 290 g/mol. The summed E-state index contributed by atoms with van der Waals surface area (Å²) in [6.45, 7) is 7.69. The van der Waals surface area contributed by atoms with Crippen molar-refractivity contribution in [1.82, 2.24) is 5.32 Å². The highest BCUT2D eigenvalue weighted by molar-refractivity contribution is 5.94. The van der Waals surface area contributed by atoms with Gasteiger partial charge in [0.15, 0.2) is 0 Å². The molecule has 0 unspecified atom stereocenters. The molecule has 5 heteroatoms. The molecule has 0 fully saturated rings. The number of rotatable bonds is 7. The molecule has 1 aromatic carbocycles. The van der Waals surface area contributed by atoms with E-state index >= 15 is 0 Å². The van der Waals surface area contributed by atoms with Crippen LogP contribution in [-0.2, 0) is 9.59 Å². The lowest BCUT2D eigenvalue weighted by Crippen LogP contribution is -2.34. The smallest absolute Gasteiger partial charge is 0.223 e. The zero-order valence-electron chi connectivity index (χ0n) is 12.8. The lowest BCUT2D eigenvalue weighted by molar-refractivity contribution is -0.120. The van der Waals surface area contributed by atoms with Crippen molar-refractivity contribution < 1.29 is 14.3 Å². The minimum Gasteiger partial charge on any atom is -0.495 e. The van der Waals surface area contributed by atoms with Crippen molar-refractivity contribution in [3.8, 4) is 5.75 Å². The van der Waals surface area contributed by atoms with Crippen molar-refractivity contribution in [2.24, 2.45) is 0 Å². The Kier molecular flexibility index (Phi) is 6.46. The predicted molar refractivity (Wildman–Crippen MR) is 83.6 cm³/mol. The largest absolute Gasteiger partial charge is 0.495 e. The number of ether oxygens (including phenoxy) is 1. The van der Waals surface area contributed by atoms with Gasteiger partial charge >= 0.3 is 0 Å². The molecule has 1 N–H and O–H groups in total. The highest BCUT2D eigenvalue weighted by Gasteiger charge is 2.17. The summed E-state index contributed by atoms with van der Waals surface area (Å²) in [6, 6.07) is 5.61. The monoisotopic (exact) mass is 290 g/mol. The number of hydrogen-bond acceptors (Lipinski definition) is 3. The fourth-order valence-corrected chi connectivity index (χ4v) is 1.95. The molecule has 0 spiro atoms. The number of methoxy groups -OCH3 is 1. The first-order chi connectivity index (χ1) is 9.99. The zero-order valence-corrected chi connectivity index (χ0v) is 12.8. The summed E-state index contributed by atoms with van der Waals surface area (Å²) in [5, 5.41) is 2.69. The summed E-state index contributed by atoms with van der Waals surface area (Å²) >= 11 is 0. The van der Waals surface area contributed by atoms with Crippen LogP contribution in [0.2, 0.25) is 0 Å². The van der Waals surface area contributed by atoms with Gasteiger partial charge in [0.05, 0.1) is 12.8 Å². The van der Waals surface area contributed by atoms with Crippen LogP contribution < -0.4 is 15.0 Å². The van der Waals surface area contributed by atoms with E-state index in [1.165, 1.54) is 6.92 Å². The van der Waals surface area contributed by atoms with Gasteiger partial charge in [-0.1, -0.05) is 12.1 Å². The number of hydrogen-bond donors (Lipinski definition) is 1. The Bertz CT molecular complexity index is 526. The fraction of sp³-hybridized carbons (Fsp3) is 0.375. The van der Waals surface area contributed by atoms with E-state index in [1.807, 2.05) is 25.1 Å². The van der Waals surface area contributed by atoms with Crippen LogP contribution in [0.25, 0.3) is 0 Å². The fourth-order valence-electron chi connectivity index (χ4n) is 1.95. The van der Waals surface area contributed by atoms with E-state index in [0.29, 0.717) is 24.5 Å². The maximum atomic E-state index is 11.9. The molecule has 0 bridgehead atoms. The lowest BCUT2D eigenvalue weighted by Gasteiger charge is -2.23. The van der Waals surface area contributed by atoms with Gasteiger partial charge < -0.3 is 15.0 Å². The van der Waals surface area contributed by atoms with Crippen LogP contribution in [0.1, 0.15) is 18.9 Å². The van der Waals surface area contributed by atoms with Gasteiger partial charge in [0, 0.05) is 26.4 Å². The number of nitrogens with zero attached hydrogens (tertiary/aromatic N) is 1. The molecule has 114 valence electrons. The number of carbonyl (C=O) groups is 2. The number of carbonyl (C=O) groups excluding carboxylic acids is 2. The molecule has 0 radical (unpaired) electrons. The first kappa shape index (κ1) is 16.8. The first-order valence-corrected chi connectivity index (χ1v) is 6.80. The van der Waals surface area contributed by atoms with Gasteiger partial charge in [-0.3, -0.25) is 9.59 Å². The van der Waals surface area contributed by atoms with E-state index in [0.717, 1.165) is 5.56 Å². The summed E-state index contributed by atoms with van der Waals surface area (Å²) in [6.07, 6.45) is 1.84. The first-order valence-electron chi connectivity index (χ1n) is 6.80. The topological polar surface area (TPSA) is 58.6 Å². The second kappa shape index (κ2) is 8.09. The highest BCUT2D eigenvalue weighted by atomic mass is 16.5. The van der Waals surface area contributed by atoms with E-state index in [4.69, 9.17) is 4.74 Å². The molecule has 0 aliphatic rings. The molecule has 0 saturated heterocycles. The van der Waals surface area contributed by atoms with Crippen LogP contribution in [0, 0.1) is 6.92 Å². The van der Waals surface area contributed by atoms with E-state index in [-0.39, 0.29) is 18.2 Å². The number of aryl methyl sites for hydroxylation is 1. The molecule has 0 aromatic heterocycles. The molecule has 0 atom stereocenters. The third-order valence-corrected chi connectivity index (χ3v) is 3.01. The van der Waals surface area contributed by atoms with Crippen molar-refractivity contribution >= 4 is 17.5 Å². The van der Waals surface area contributed by atoms with Gasteiger partial charge in [0.1, 0.15) is 5.75 Å². The average Bonchev–Trinajstić information content (AvgIpc) is 2.45. The van der Waals surface area contributed by atoms with Crippen LogP contribution in [0.15, 0.2) is 30.9 Å². The predicted octanol–water partition coefficient (Wildman–Crippen LogP) is 2.05. The molecular weight excluding hydrogens is 268 g/mol. The van der Waals surface area contributed by atoms with Gasteiger partial charge in [-0.25, -0.2) is 0 Å². The molecule has 1 aromatic rings. The molecule has 0 aliphatic carbocycles. The zero-order chi connectivity index (χ0) is 15.8. The Hall–Kier alpha value is -2.30. The van der Waals surface area contributed by atoms with Gasteiger partial charge in [0.25, 0.3) is 0 Å². The van der Waals surface area contributed by atoms with Gasteiger partial charge in [-0.05, 0) is 24.6 Å². The third kappa shape index (κ3) is 4.95. The third-order valence-electron chi connectivity index (χ3n) is 3.01. The van der Waals surface area contributed by atoms with E-state index < -0.39 is 0 Å². The summed E-state index contributed by atoms with van der Waals surface area (Å²) < 4.78 is 5.30. The van der Waals surface area contributed by atoms with Crippen molar-refractivity contribution in [1.29, 1.82) is 0 Å². The number of anilines is 1. The van der Waals surface area contributed by atoms with Crippen LogP contribution in [0.5, 0.6) is 5.75 Å². The Balaban J connectivity index is 2.87.